The lowest BCUT2D eigenvalue weighted by atomic mass is 10.0. The summed E-state index contributed by atoms with van der Waals surface area (Å²) in [7, 11) is 2.75. The maximum absolute atomic E-state index is 13.5. The molecule has 0 fully saturated rings. The van der Waals surface area contributed by atoms with Gasteiger partial charge in [-0.15, -0.1) is 0 Å². The van der Waals surface area contributed by atoms with Crippen LogP contribution >= 0.6 is 21.6 Å². The van der Waals surface area contributed by atoms with Gasteiger partial charge in [-0.2, -0.15) is 0 Å². The molecule has 0 saturated carbocycles. The van der Waals surface area contributed by atoms with Gasteiger partial charge in [0.25, 0.3) is 11.8 Å². The second-order valence-corrected chi connectivity index (χ2v) is 19.1. The Bertz CT molecular complexity index is 1380. The first kappa shape index (κ1) is 55.2. The summed E-state index contributed by atoms with van der Waals surface area (Å²) in [5.74, 6) is -1.23. The topological polar surface area (TPSA) is 111 Å². The largest absolute Gasteiger partial charge is 0.442 e. The van der Waals surface area contributed by atoms with Crippen LogP contribution in [0.5, 0.6) is 0 Å². The van der Waals surface area contributed by atoms with Gasteiger partial charge in [-0.1, -0.05) is 228 Å². The van der Waals surface area contributed by atoms with Crippen molar-refractivity contribution in [3.8, 4) is 0 Å². The molecule has 2 N–H and O–H groups in total. The van der Waals surface area contributed by atoms with Gasteiger partial charge in [0.05, 0.1) is 11.1 Å². The average molecular weight is 897 g/mol. The molecule has 0 aliphatic carbocycles. The molecular weight excluding hydrogens is 813 g/mol. The number of ether oxygens (including phenoxy) is 2. The highest BCUT2D eigenvalue weighted by atomic mass is 33.1. The van der Waals surface area contributed by atoms with Gasteiger partial charge in [0, 0.05) is 35.5 Å². The Morgan fingerprint density at radius 2 is 0.694 bits per heavy atom. The number of unbranched alkanes of at least 4 members (excludes halogenated alkanes) is 24. The van der Waals surface area contributed by atoms with Crippen molar-refractivity contribution in [2.75, 3.05) is 0 Å². The fraction of sp³-hybridized carbons (Fsp3) is 0.692. The molecular formula is C52H84N2O6S2. The van der Waals surface area contributed by atoms with Crippen LogP contribution in [0.25, 0.3) is 0 Å². The smallest absolute Gasteiger partial charge is 0.307 e. The molecule has 62 heavy (non-hydrogen) atoms. The van der Waals surface area contributed by atoms with Crippen LogP contribution in [0.2, 0.25) is 0 Å². The van der Waals surface area contributed by atoms with E-state index >= 15 is 0 Å². The Kier molecular flexibility index (Phi) is 33.3. The second kappa shape index (κ2) is 37.4. The van der Waals surface area contributed by atoms with Crippen molar-refractivity contribution < 1.29 is 28.7 Å². The van der Waals surface area contributed by atoms with Crippen LogP contribution in [0.1, 0.15) is 241 Å². The number of carbonyl (C=O) groups is 4. The predicted octanol–water partition coefficient (Wildman–Crippen LogP) is 15.5. The Labute approximate surface area is 385 Å². The molecule has 0 saturated heterocycles. The molecule has 2 aromatic rings. The third kappa shape index (κ3) is 26.6. The van der Waals surface area contributed by atoms with E-state index in [1.807, 2.05) is 38.1 Å². The van der Waals surface area contributed by atoms with E-state index in [0.29, 0.717) is 46.6 Å². The lowest BCUT2D eigenvalue weighted by Gasteiger charge is -2.19. The number of esters is 2. The SMILES string of the molecule is CCCCCCCCCCCCCCCC(=O)OC(CC)NC(=O)c1ccccc1SSc1ccccc1C(=O)NC(CC)OC(=O)CCCCCCCCCCCCCCC. The van der Waals surface area contributed by atoms with Crippen LogP contribution in [0, 0.1) is 0 Å². The van der Waals surface area contributed by atoms with Crippen molar-refractivity contribution >= 4 is 45.3 Å². The van der Waals surface area contributed by atoms with Gasteiger partial charge in [-0.3, -0.25) is 19.2 Å². The number of hydrogen-bond donors (Lipinski definition) is 2. The molecule has 0 spiro atoms. The van der Waals surface area contributed by atoms with Crippen LogP contribution in [-0.4, -0.2) is 36.2 Å². The highest BCUT2D eigenvalue weighted by Gasteiger charge is 2.21. The quantitative estimate of drug-likeness (QED) is 0.0295. The molecule has 2 aromatic carbocycles. The van der Waals surface area contributed by atoms with Gasteiger partial charge in [0.2, 0.25) is 0 Å². The van der Waals surface area contributed by atoms with Gasteiger partial charge in [-0.05, 0) is 37.1 Å². The minimum Gasteiger partial charge on any atom is -0.442 e. The van der Waals surface area contributed by atoms with Crippen LogP contribution in [0.3, 0.4) is 0 Å². The number of amides is 2. The zero-order valence-electron chi connectivity index (χ0n) is 39.3. The number of benzene rings is 2. The van der Waals surface area contributed by atoms with Gasteiger partial charge in [0.1, 0.15) is 0 Å². The molecule has 0 bridgehead atoms. The van der Waals surface area contributed by atoms with Gasteiger partial charge >= 0.3 is 11.9 Å². The molecule has 0 aliphatic heterocycles. The Hall–Kier alpha value is -2.98. The van der Waals surface area contributed by atoms with Crippen LogP contribution in [-0.2, 0) is 19.1 Å². The van der Waals surface area contributed by atoms with Gasteiger partial charge < -0.3 is 20.1 Å². The van der Waals surface area contributed by atoms with Gasteiger partial charge in [-0.25, -0.2) is 0 Å². The van der Waals surface area contributed by atoms with Crippen LogP contribution in [0.4, 0.5) is 0 Å². The summed E-state index contributed by atoms with van der Waals surface area (Å²) in [5.41, 5.74) is 0.916. The maximum Gasteiger partial charge on any atom is 0.307 e. The average Bonchev–Trinajstić information content (AvgIpc) is 3.28. The molecule has 350 valence electrons. The Morgan fingerprint density at radius 1 is 0.419 bits per heavy atom. The van der Waals surface area contributed by atoms with Crippen molar-refractivity contribution in [1.82, 2.24) is 10.6 Å². The number of hydrogen-bond acceptors (Lipinski definition) is 8. The van der Waals surface area contributed by atoms with E-state index < -0.39 is 12.5 Å². The van der Waals surface area contributed by atoms with E-state index in [-0.39, 0.29) is 23.8 Å². The van der Waals surface area contributed by atoms with Crippen molar-refractivity contribution in [3.05, 3.63) is 59.7 Å². The highest BCUT2D eigenvalue weighted by Crippen LogP contribution is 2.40. The molecule has 2 unspecified atom stereocenters. The van der Waals surface area contributed by atoms with E-state index in [1.54, 1.807) is 24.3 Å². The fourth-order valence-electron chi connectivity index (χ4n) is 7.43. The minimum atomic E-state index is -0.720. The van der Waals surface area contributed by atoms with Crippen LogP contribution in [0.15, 0.2) is 58.3 Å². The normalized spacial score (nSPS) is 12.1. The molecule has 2 atom stereocenters. The molecule has 8 nitrogen and oxygen atoms in total. The predicted molar refractivity (Wildman–Crippen MR) is 260 cm³/mol. The number of carbonyl (C=O) groups excluding carboxylic acids is 4. The third-order valence-electron chi connectivity index (χ3n) is 11.3. The van der Waals surface area contributed by atoms with Crippen molar-refractivity contribution in [1.29, 1.82) is 0 Å². The summed E-state index contributed by atoms with van der Waals surface area (Å²) in [6.45, 7) is 8.28. The standard InChI is InChI=1S/C52H84N2O6S2/c1-5-9-11-13-15-17-19-21-23-25-27-29-31-41-49(55)59-47(7-3)53-51(57)43-37-33-35-39-45(43)61-62-46-40-36-34-38-44(46)52(58)54-48(8-4)60-50(56)42-32-30-28-26-24-22-20-18-16-14-12-10-6-2/h33-40,47-48H,5-32,41-42H2,1-4H3,(H,53,57)(H,54,58). The minimum absolute atomic E-state index is 0.289. The molecule has 0 aliphatic rings. The third-order valence-corrected chi connectivity index (χ3v) is 13.8. The number of rotatable bonds is 39. The maximum atomic E-state index is 13.5. The zero-order valence-corrected chi connectivity index (χ0v) is 40.9. The summed E-state index contributed by atoms with van der Waals surface area (Å²) < 4.78 is 11.3. The molecule has 0 radical (unpaired) electrons. The van der Waals surface area contributed by atoms with Crippen molar-refractivity contribution in [2.45, 2.75) is 243 Å². The Balaban J connectivity index is 1.73. The summed E-state index contributed by atoms with van der Waals surface area (Å²) in [5, 5.41) is 5.80. The first-order valence-electron chi connectivity index (χ1n) is 24.9. The summed E-state index contributed by atoms with van der Waals surface area (Å²) >= 11 is 0. The summed E-state index contributed by atoms with van der Waals surface area (Å²) in [6, 6.07) is 14.6. The van der Waals surface area contributed by atoms with E-state index in [4.69, 9.17) is 9.47 Å². The lowest BCUT2D eigenvalue weighted by molar-refractivity contribution is -0.151. The summed E-state index contributed by atoms with van der Waals surface area (Å²) in [6.07, 6.45) is 32.5. The molecule has 2 rings (SSSR count). The van der Waals surface area contributed by atoms with E-state index in [9.17, 15) is 19.2 Å². The molecule has 0 heterocycles. The zero-order chi connectivity index (χ0) is 44.9. The number of nitrogens with one attached hydrogen (secondary N) is 2. The van der Waals surface area contributed by atoms with Gasteiger partial charge in [0.15, 0.2) is 12.5 Å². The summed E-state index contributed by atoms with van der Waals surface area (Å²) in [4.78, 5) is 53.8. The molecule has 10 heteroatoms. The first-order chi connectivity index (χ1) is 30.3. The van der Waals surface area contributed by atoms with Crippen molar-refractivity contribution in [3.63, 3.8) is 0 Å². The fourth-order valence-corrected chi connectivity index (χ4v) is 9.79. The van der Waals surface area contributed by atoms with E-state index in [0.717, 1.165) is 38.5 Å². The Morgan fingerprint density at radius 3 is 0.984 bits per heavy atom. The van der Waals surface area contributed by atoms with E-state index in [2.05, 4.69) is 24.5 Å². The van der Waals surface area contributed by atoms with Crippen LogP contribution < -0.4 is 10.6 Å². The monoisotopic (exact) mass is 897 g/mol. The molecule has 0 aromatic heterocycles. The highest BCUT2D eigenvalue weighted by molar-refractivity contribution is 8.76. The lowest BCUT2D eigenvalue weighted by Crippen LogP contribution is -2.38. The first-order valence-corrected chi connectivity index (χ1v) is 27.0. The molecule has 2 amide bonds. The van der Waals surface area contributed by atoms with E-state index in [1.165, 1.54) is 150 Å². The van der Waals surface area contributed by atoms with Crippen molar-refractivity contribution in [2.24, 2.45) is 0 Å². The second-order valence-electron chi connectivity index (χ2n) is 16.9.